The zero-order chi connectivity index (χ0) is 19.3. The van der Waals surface area contributed by atoms with E-state index in [0.29, 0.717) is 34.8 Å². The van der Waals surface area contributed by atoms with E-state index in [1.54, 1.807) is 38.1 Å². The molecule has 0 spiro atoms. The molecular weight excluding hydrogens is 332 g/mol. The first kappa shape index (κ1) is 19.6. The average Bonchev–Trinajstić information content (AvgIpc) is 2.57. The van der Waals surface area contributed by atoms with Gasteiger partial charge < -0.3 is 20.9 Å². The lowest BCUT2D eigenvalue weighted by molar-refractivity contribution is -0.139. The zero-order valence-corrected chi connectivity index (χ0v) is 15.5. The largest absolute Gasteiger partial charge is 0.478 e. The number of esters is 1. The quantitative estimate of drug-likeness (QED) is 0.393. The molecule has 140 valence electrons. The van der Waals surface area contributed by atoms with Crippen LogP contribution in [-0.2, 0) is 14.3 Å². The van der Waals surface area contributed by atoms with Crippen LogP contribution in [0.3, 0.4) is 0 Å². The highest BCUT2D eigenvalue weighted by molar-refractivity contribution is 5.99. The topological polar surface area (TPSA) is 102 Å². The van der Waals surface area contributed by atoms with Gasteiger partial charge in [0.25, 0.3) is 0 Å². The predicted octanol–water partition coefficient (Wildman–Crippen LogP) is 3.32. The standard InChI is InChI=1S/C20H26N2O4/c1-4-5-6-10-26-20(25)17-13(3)22-12(2)16(19(23)24)18(17)14-8-7-9-15(21)11-14/h7-9,11,18,22H,4-6,10,21H2,1-3H3,(H,23,24). The van der Waals surface area contributed by atoms with Crippen LogP contribution in [0.15, 0.2) is 46.8 Å². The Morgan fingerprint density at radius 1 is 1.19 bits per heavy atom. The molecule has 1 aliphatic heterocycles. The molecule has 0 aromatic heterocycles. The fourth-order valence-corrected chi connectivity index (χ4v) is 3.21. The van der Waals surface area contributed by atoms with Crippen LogP contribution in [0, 0.1) is 0 Å². The molecule has 4 N–H and O–H groups in total. The van der Waals surface area contributed by atoms with Crippen molar-refractivity contribution < 1.29 is 19.4 Å². The van der Waals surface area contributed by atoms with Crippen LogP contribution in [0.5, 0.6) is 0 Å². The van der Waals surface area contributed by atoms with Crippen molar-refractivity contribution in [3.05, 3.63) is 52.4 Å². The van der Waals surface area contributed by atoms with E-state index < -0.39 is 17.9 Å². The summed E-state index contributed by atoms with van der Waals surface area (Å²) >= 11 is 0. The SMILES string of the molecule is CCCCCOC(=O)C1=C(C)NC(C)=C(C(=O)O)C1c1cccc(N)c1. The molecular formula is C20H26N2O4. The molecule has 6 nitrogen and oxygen atoms in total. The molecule has 26 heavy (non-hydrogen) atoms. The van der Waals surface area contributed by atoms with Gasteiger partial charge >= 0.3 is 11.9 Å². The smallest absolute Gasteiger partial charge is 0.336 e. The van der Waals surface area contributed by atoms with Gasteiger partial charge in [-0.2, -0.15) is 0 Å². The van der Waals surface area contributed by atoms with Gasteiger partial charge in [-0.15, -0.1) is 0 Å². The Morgan fingerprint density at radius 3 is 2.50 bits per heavy atom. The molecule has 6 heteroatoms. The summed E-state index contributed by atoms with van der Waals surface area (Å²) in [5.41, 5.74) is 8.59. The minimum Gasteiger partial charge on any atom is -0.478 e. The molecule has 0 radical (unpaired) electrons. The van der Waals surface area contributed by atoms with Gasteiger partial charge in [-0.25, -0.2) is 9.59 Å². The molecule has 1 aromatic rings. The summed E-state index contributed by atoms with van der Waals surface area (Å²) in [4.78, 5) is 24.7. The summed E-state index contributed by atoms with van der Waals surface area (Å²) in [5, 5.41) is 12.7. The first-order chi connectivity index (χ1) is 12.4. The number of rotatable bonds is 7. The Labute approximate surface area is 153 Å². The lowest BCUT2D eigenvalue weighted by Crippen LogP contribution is -2.32. The summed E-state index contributed by atoms with van der Waals surface area (Å²) < 4.78 is 5.42. The number of hydrogen-bond acceptors (Lipinski definition) is 5. The van der Waals surface area contributed by atoms with Crippen LogP contribution in [0.2, 0.25) is 0 Å². The number of benzene rings is 1. The van der Waals surface area contributed by atoms with Gasteiger partial charge in [-0.05, 0) is 38.0 Å². The fraction of sp³-hybridized carbons (Fsp3) is 0.400. The molecule has 1 unspecified atom stereocenters. The third-order valence-corrected chi connectivity index (χ3v) is 4.44. The highest BCUT2D eigenvalue weighted by Crippen LogP contribution is 2.39. The third kappa shape index (κ3) is 4.25. The number of nitrogen functional groups attached to an aromatic ring is 1. The molecule has 1 atom stereocenters. The van der Waals surface area contributed by atoms with Crippen molar-refractivity contribution in [2.45, 2.75) is 46.0 Å². The summed E-state index contributed by atoms with van der Waals surface area (Å²) in [6.07, 6.45) is 2.78. The Balaban J connectivity index is 2.44. The zero-order valence-electron chi connectivity index (χ0n) is 15.5. The number of carboxylic acid groups (broad SMARTS) is 1. The second kappa shape index (κ2) is 8.56. The normalized spacial score (nSPS) is 17.1. The van der Waals surface area contributed by atoms with E-state index in [4.69, 9.17) is 10.5 Å². The molecule has 0 amide bonds. The van der Waals surface area contributed by atoms with Crippen molar-refractivity contribution >= 4 is 17.6 Å². The number of carbonyl (C=O) groups is 2. The van der Waals surface area contributed by atoms with Gasteiger partial charge in [0.2, 0.25) is 0 Å². The Morgan fingerprint density at radius 2 is 1.88 bits per heavy atom. The van der Waals surface area contributed by atoms with Gasteiger partial charge in [0.15, 0.2) is 0 Å². The minimum absolute atomic E-state index is 0.127. The monoisotopic (exact) mass is 358 g/mol. The molecule has 1 heterocycles. The highest BCUT2D eigenvalue weighted by Gasteiger charge is 2.37. The number of unbranched alkanes of at least 4 members (excludes halogenated alkanes) is 2. The van der Waals surface area contributed by atoms with E-state index >= 15 is 0 Å². The second-order valence-corrected chi connectivity index (χ2v) is 6.45. The lowest BCUT2D eigenvalue weighted by Gasteiger charge is -2.29. The number of allylic oxidation sites excluding steroid dienone is 2. The van der Waals surface area contributed by atoms with Gasteiger partial charge in [-0.1, -0.05) is 31.9 Å². The van der Waals surface area contributed by atoms with Crippen LogP contribution in [-0.4, -0.2) is 23.7 Å². The van der Waals surface area contributed by atoms with Gasteiger partial charge in [0, 0.05) is 17.1 Å². The van der Waals surface area contributed by atoms with E-state index in [1.165, 1.54) is 0 Å². The van der Waals surface area contributed by atoms with Crippen molar-refractivity contribution in [3.63, 3.8) is 0 Å². The average molecular weight is 358 g/mol. The predicted molar refractivity (Wildman–Crippen MR) is 100 cm³/mol. The molecule has 1 aromatic carbocycles. The van der Waals surface area contributed by atoms with Gasteiger partial charge in [0.05, 0.1) is 23.7 Å². The van der Waals surface area contributed by atoms with Gasteiger partial charge in [0.1, 0.15) is 0 Å². The Bertz CT molecular complexity index is 765. The number of carbonyl (C=O) groups excluding carboxylic acids is 1. The minimum atomic E-state index is -1.08. The van der Waals surface area contributed by atoms with Crippen molar-refractivity contribution in [2.24, 2.45) is 0 Å². The molecule has 0 saturated heterocycles. The Kier molecular flexibility index (Phi) is 6.44. The second-order valence-electron chi connectivity index (χ2n) is 6.45. The fourth-order valence-electron chi connectivity index (χ4n) is 3.21. The van der Waals surface area contributed by atoms with Crippen LogP contribution in [0.4, 0.5) is 5.69 Å². The molecule has 0 saturated carbocycles. The summed E-state index contributed by atoms with van der Waals surface area (Å²) in [7, 11) is 0. The lowest BCUT2D eigenvalue weighted by atomic mass is 9.80. The molecule has 0 fully saturated rings. The first-order valence-corrected chi connectivity index (χ1v) is 8.81. The van der Waals surface area contributed by atoms with E-state index in [9.17, 15) is 14.7 Å². The first-order valence-electron chi connectivity index (χ1n) is 8.81. The van der Waals surface area contributed by atoms with Crippen molar-refractivity contribution in [2.75, 3.05) is 12.3 Å². The maximum atomic E-state index is 12.7. The highest BCUT2D eigenvalue weighted by atomic mass is 16.5. The summed E-state index contributed by atoms with van der Waals surface area (Å²) in [6.45, 7) is 5.83. The van der Waals surface area contributed by atoms with Crippen LogP contribution in [0.25, 0.3) is 0 Å². The molecule has 0 aliphatic carbocycles. The van der Waals surface area contributed by atoms with E-state index in [1.807, 2.05) is 0 Å². The maximum absolute atomic E-state index is 12.7. The molecule has 2 rings (SSSR count). The summed E-state index contributed by atoms with van der Waals surface area (Å²) in [6, 6.07) is 6.95. The van der Waals surface area contributed by atoms with Crippen LogP contribution in [0.1, 0.15) is 51.5 Å². The number of nitrogens with one attached hydrogen (secondary N) is 1. The number of ether oxygens (including phenoxy) is 1. The van der Waals surface area contributed by atoms with Crippen molar-refractivity contribution in [1.82, 2.24) is 5.32 Å². The van der Waals surface area contributed by atoms with Crippen LogP contribution < -0.4 is 11.1 Å². The van der Waals surface area contributed by atoms with E-state index in [0.717, 1.165) is 19.3 Å². The number of hydrogen-bond donors (Lipinski definition) is 3. The van der Waals surface area contributed by atoms with E-state index in [2.05, 4.69) is 12.2 Å². The van der Waals surface area contributed by atoms with Crippen LogP contribution >= 0.6 is 0 Å². The van der Waals surface area contributed by atoms with Crippen molar-refractivity contribution in [3.8, 4) is 0 Å². The molecule has 1 aliphatic rings. The number of carboxylic acids is 1. The Hall–Kier alpha value is -2.76. The maximum Gasteiger partial charge on any atom is 0.336 e. The molecule has 0 bridgehead atoms. The number of aliphatic carboxylic acids is 1. The third-order valence-electron chi connectivity index (χ3n) is 4.44. The number of dihydropyridines is 1. The number of anilines is 1. The number of nitrogens with two attached hydrogens (primary N) is 1. The summed E-state index contributed by atoms with van der Waals surface area (Å²) in [5.74, 6) is -2.30. The van der Waals surface area contributed by atoms with E-state index in [-0.39, 0.29) is 5.57 Å². The van der Waals surface area contributed by atoms with Crippen molar-refractivity contribution in [1.29, 1.82) is 0 Å². The van der Waals surface area contributed by atoms with Gasteiger partial charge in [-0.3, -0.25) is 0 Å².